The van der Waals surface area contributed by atoms with E-state index in [1.807, 2.05) is 13.0 Å². The minimum Gasteiger partial charge on any atom is -0.486 e. The van der Waals surface area contributed by atoms with Crippen molar-refractivity contribution < 1.29 is 14.3 Å². The fraction of sp³-hybridized carbons (Fsp3) is 0.176. The number of halogens is 1. The van der Waals surface area contributed by atoms with Crippen LogP contribution < -0.4 is 4.74 Å². The normalized spacial score (nSPS) is 10.2. The highest BCUT2D eigenvalue weighted by Crippen LogP contribution is 2.21. The summed E-state index contributed by atoms with van der Waals surface area (Å²) in [7, 11) is 0. The topological polar surface area (TPSA) is 43.4 Å². The van der Waals surface area contributed by atoms with Crippen molar-refractivity contribution in [2.45, 2.75) is 13.3 Å². The number of Topliss-reactive ketones (excluding diaryl/α,β-unsaturated/α-hetero) is 2. The number of hydrogen-bond donors (Lipinski definition) is 0. The molecule has 0 heterocycles. The molecule has 0 aromatic heterocycles. The van der Waals surface area contributed by atoms with E-state index < -0.39 is 0 Å². The van der Waals surface area contributed by atoms with Gasteiger partial charge in [0.25, 0.3) is 0 Å². The second-order valence-electron chi connectivity index (χ2n) is 4.70. The van der Waals surface area contributed by atoms with Crippen molar-refractivity contribution in [3.8, 4) is 5.75 Å². The van der Waals surface area contributed by atoms with Gasteiger partial charge in [0.2, 0.25) is 0 Å². The second-order valence-corrected chi connectivity index (χ2v) is 5.14. The molecule has 21 heavy (non-hydrogen) atoms. The zero-order chi connectivity index (χ0) is 15.2. The average molecular weight is 303 g/mol. The van der Waals surface area contributed by atoms with Crippen molar-refractivity contribution in [1.82, 2.24) is 0 Å². The molecule has 0 aliphatic carbocycles. The molecule has 0 saturated carbocycles. The van der Waals surface area contributed by atoms with Crippen LogP contribution in [-0.2, 0) is 4.79 Å². The Kier molecular flexibility index (Phi) is 5.12. The van der Waals surface area contributed by atoms with Crippen LogP contribution in [0.3, 0.4) is 0 Å². The maximum absolute atomic E-state index is 11.9. The molecule has 2 rings (SSSR count). The molecule has 0 aliphatic heterocycles. The average Bonchev–Trinajstić information content (AvgIpc) is 2.47. The van der Waals surface area contributed by atoms with Crippen LogP contribution in [0.25, 0.3) is 0 Å². The summed E-state index contributed by atoms with van der Waals surface area (Å²) >= 11 is 5.85. The monoisotopic (exact) mass is 302 g/mol. The first kappa shape index (κ1) is 15.3. The fourth-order valence-corrected chi connectivity index (χ4v) is 2.12. The van der Waals surface area contributed by atoms with Crippen molar-refractivity contribution in [3.63, 3.8) is 0 Å². The summed E-state index contributed by atoms with van der Waals surface area (Å²) in [4.78, 5) is 23.7. The molecule has 0 N–H and O–H groups in total. The Bertz CT molecular complexity index is 650. The van der Waals surface area contributed by atoms with Crippen molar-refractivity contribution in [1.29, 1.82) is 0 Å². The molecule has 2 aromatic carbocycles. The molecule has 0 amide bonds. The van der Waals surface area contributed by atoms with Gasteiger partial charge >= 0.3 is 0 Å². The Balaban J connectivity index is 1.89. The van der Waals surface area contributed by atoms with Crippen LogP contribution in [-0.4, -0.2) is 18.2 Å². The molecule has 0 radical (unpaired) electrons. The van der Waals surface area contributed by atoms with Gasteiger partial charge in [-0.3, -0.25) is 9.59 Å². The predicted octanol–water partition coefficient (Wildman–Crippen LogP) is 3.87. The number of ether oxygens (including phenoxy) is 1. The Labute approximate surface area is 128 Å². The summed E-state index contributed by atoms with van der Waals surface area (Å²) in [5, 5.41) is 0.616. The Morgan fingerprint density at radius 1 is 1.10 bits per heavy atom. The summed E-state index contributed by atoms with van der Waals surface area (Å²) in [6.07, 6.45) is -0.156. The first-order valence-corrected chi connectivity index (χ1v) is 6.93. The van der Waals surface area contributed by atoms with Gasteiger partial charge in [-0.25, -0.2) is 0 Å². The Morgan fingerprint density at radius 2 is 1.81 bits per heavy atom. The van der Waals surface area contributed by atoms with Crippen molar-refractivity contribution in [2.75, 3.05) is 6.61 Å². The third kappa shape index (κ3) is 4.43. The van der Waals surface area contributed by atoms with Crippen LogP contribution in [0.4, 0.5) is 0 Å². The van der Waals surface area contributed by atoms with Crippen molar-refractivity contribution >= 4 is 23.2 Å². The number of rotatable bonds is 6. The molecule has 4 heteroatoms. The molecule has 0 fully saturated rings. The summed E-state index contributed by atoms with van der Waals surface area (Å²) in [6, 6.07) is 13.9. The lowest BCUT2D eigenvalue weighted by molar-refractivity contribution is -0.120. The lowest BCUT2D eigenvalue weighted by Gasteiger charge is -2.08. The molecular formula is C17H15ClO3. The fourth-order valence-electron chi connectivity index (χ4n) is 1.89. The predicted molar refractivity (Wildman–Crippen MR) is 82.1 cm³/mol. The van der Waals surface area contributed by atoms with E-state index in [4.69, 9.17) is 16.3 Å². The number of carbonyl (C=O) groups is 2. The van der Waals surface area contributed by atoms with Gasteiger partial charge in [-0.15, -0.1) is 0 Å². The van der Waals surface area contributed by atoms with E-state index in [1.54, 1.807) is 42.5 Å². The summed E-state index contributed by atoms with van der Waals surface area (Å²) < 4.78 is 5.43. The standard InChI is InChI=1S/C17H15ClO3/c1-12-9-14(18)7-8-17(12)21-11-15(19)10-16(20)13-5-3-2-4-6-13/h2-9H,10-11H2,1H3. The lowest BCUT2D eigenvalue weighted by atomic mass is 10.1. The quantitative estimate of drug-likeness (QED) is 0.601. The number of ketones is 2. The molecule has 0 spiro atoms. The molecule has 0 aliphatic rings. The highest BCUT2D eigenvalue weighted by atomic mass is 35.5. The third-order valence-electron chi connectivity index (χ3n) is 2.98. The number of hydrogen-bond acceptors (Lipinski definition) is 3. The minimum atomic E-state index is -0.252. The Morgan fingerprint density at radius 3 is 2.48 bits per heavy atom. The maximum atomic E-state index is 11.9. The highest BCUT2D eigenvalue weighted by molar-refractivity contribution is 6.30. The molecule has 0 unspecified atom stereocenters. The van der Waals surface area contributed by atoms with E-state index in [2.05, 4.69) is 0 Å². The van der Waals surface area contributed by atoms with Crippen molar-refractivity contribution in [2.24, 2.45) is 0 Å². The number of carbonyl (C=O) groups excluding carboxylic acids is 2. The lowest BCUT2D eigenvalue weighted by Crippen LogP contribution is -2.16. The van der Waals surface area contributed by atoms with Gasteiger partial charge < -0.3 is 4.74 Å². The third-order valence-corrected chi connectivity index (χ3v) is 3.21. The van der Waals surface area contributed by atoms with Crippen LogP contribution in [0.1, 0.15) is 22.3 Å². The van der Waals surface area contributed by atoms with Crippen LogP contribution in [0.5, 0.6) is 5.75 Å². The summed E-state index contributed by atoms with van der Waals surface area (Å²) in [5.41, 5.74) is 1.39. The van der Waals surface area contributed by atoms with Crippen LogP contribution in [0.15, 0.2) is 48.5 Å². The van der Waals surface area contributed by atoms with Gasteiger partial charge in [0.1, 0.15) is 12.4 Å². The molecule has 108 valence electrons. The number of aryl methyl sites for hydroxylation is 1. The minimum absolute atomic E-state index is 0.124. The van der Waals surface area contributed by atoms with E-state index in [-0.39, 0.29) is 24.6 Å². The number of benzene rings is 2. The van der Waals surface area contributed by atoms with E-state index in [0.717, 1.165) is 5.56 Å². The van der Waals surface area contributed by atoms with Gasteiger partial charge in [-0.2, -0.15) is 0 Å². The molecule has 0 saturated heterocycles. The summed E-state index contributed by atoms with van der Waals surface area (Å²) in [5.74, 6) is 0.148. The smallest absolute Gasteiger partial charge is 0.177 e. The molecule has 3 nitrogen and oxygen atoms in total. The van der Waals surface area contributed by atoms with Crippen LogP contribution >= 0.6 is 11.6 Å². The van der Waals surface area contributed by atoms with Crippen LogP contribution in [0.2, 0.25) is 5.02 Å². The highest BCUT2D eigenvalue weighted by Gasteiger charge is 2.12. The van der Waals surface area contributed by atoms with Gasteiger partial charge in [0.05, 0.1) is 6.42 Å². The van der Waals surface area contributed by atoms with E-state index >= 15 is 0 Å². The van der Waals surface area contributed by atoms with E-state index in [1.165, 1.54) is 0 Å². The summed E-state index contributed by atoms with van der Waals surface area (Å²) in [6.45, 7) is 1.72. The molecule has 0 atom stereocenters. The van der Waals surface area contributed by atoms with E-state index in [0.29, 0.717) is 16.3 Å². The van der Waals surface area contributed by atoms with Gasteiger partial charge in [-0.05, 0) is 30.7 Å². The Hall–Kier alpha value is -2.13. The SMILES string of the molecule is Cc1cc(Cl)ccc1OCC(=O)CC(=O)c1ccccc1. The molecule has 0 bridgehead atoms. The first-order chi connectivity index (χ1) is 10.1. The van der Waals surface area contributed by atoms with Gasteiger partial charge in [-0.1, -0.05) is 41.9 Å². The first-order valence-electron chi connectivity index (χ1n) is 6.55. The zero-order valence-corrected chi connectivity index (χ0v) is 12.4. The van der Waals surface area contributed by atoms with Crippen LogP contribution in [0, 0.1) is 6.92 Å². The molecular weight excluding hydrogens is 288 g/mol. The maximum Gasteiger partial charge on any atom is 0.177 e. The van der Waals surface area contributed by atoms with E-state index in [9.17, 15) is 9.59 Å². The second kappa shape index (κ2) is 7.04. The molecule has 2 aromatic rings. The largest absolute Gasteiger partial charge is 0.486 e. The van der Waals surface area contributed by atoms with Gasteiger partial charge in [0, 0.05) is 10.6 Å². The zero-order valence-electron chi connectivity index (χ0n) is 11.6. The van der Waals surface area contributed by atoms with Gasteiger partial charge in [0.15, 0.2) is 11.6 Å². The van der Waals surface area contributed by atoms with Crippen molar-refractivity contribution in [3.05, 3.63) is 64.7 Å².